The monoisotopic (exact) mass is 257 g/mol. The Hall–Kier alpha value is -1.69. The zero-order chi connectivity index (χ0) is 13.5. The number of aromatic nitrogens is 1. The van der Waals surface area contributed by atoms with Gasteiger partial charge in [-0.05, 0) is 12.0 Å². The van der Waals surface area contributed by atoms with Crippen molar-refractivity contribution in [1.29, 1.82) is 0 Å². The molecule has 1 aromatic heterocycles. The lowest BCUT2D eigenvalue weighted by Gasteiger charge is -2.09. The minimum atomic E-state index is -1.28. The molecule has 100 valence electrons. The van der Waals surface area contributed by atoms with Gasteiger partial charge in [0.2, 0.25) is 5.88 Å². The van der Waals surface area contributed by atoms with Crippen LogP contribution in [0.15, 0.2) is 12.3 Å². The van der Waals surface area contributed by atoms with E-state index in [2.05, 4.69) is 4.98 Å². The van der Waals surface area contributed by atoms with Gasteiger partial charge in [-0.2, -0.15) is 0 Å². The summed E-state index contributed by atoms with van der Waals surface area (Å²) in [4.78, 5) is 14.4. The maximum absolute atomic E-state index is 12.8. The van der Waals surface area contributed by atoms with Crippen LogP contribution in [0.3, 0.4) is 0 Å². The van der Waals surface area contributed by atoms with E-state index in [0.29, 0.717) is 19.1 Å². The second-order valence-corrected chi connectivity index (χ2v) is 4.13. The van der Waals surface area contributed by atoms with Crippen molar-refractivity contribution in [3.63, 3.8) is 0 Å². The molecule has 1 N–H and O–H groups in total. The summed E-state index contributed by atoms with van der Waals surface area (Å²) in [5, 5.41) is 8.85. The maximum Gasteiger partial charge on any atom is 0.341 e. The Morgan fingerprint density at radius 3 is 2.83 bits per heavy atom. The van der Waals surface area contributed by atoms with E-state index in [1.807, 2.05) is 13.8 Å². The lowest BCUT2D eigenvalue weighted by atomic mass is 10.2. The van der Waals surface area contributed by atoms with Gasteiger partial charge in [0.05, 0.1) is 12.8 Å². The van der Waals surface area contributed by atoms with Gasteiger partial charge in [-0.3, -0.25) is 0 Å². The number of carbonyl (C=O) groups is 1. The second-order valence-electron chi connectivity index (χ2n) is 4.13. The van der Waals surface area contributed by atoms with Crippen LogP contribution in [0.25, 0.3) is 0 Å². The van der Waals surface area contributed by atoms with Crippen molar-refractivity contribution in [3.8, 4) is 5.88 Å². The predicted octanol–water partition coefficient (Wildman–Crippen LogP) is 1.97. The van der Waals surface area contributed by atoms with Crippen molar-refractivity contribution in [1.82, 2.24) is 4.98 Å². The third-order valence-electron chi connectivity index (χ3n) is 1.97. The molecule has 0 aromatic carbocycles. The van der Waals surface area contributed by atoms with Gasteiger partial charge in [0, 0.05) is 6.61 Å². The number of hydrogen-bond acceptors (Lipinski definition) is 4. The van der Waals surface area contributed by atoms with Crippen LogP contribution in [0.2, 0.25) is 0 Å². The number of rotatable bonds is 7. The molecule has 0 atom stereocenters. The van der Waals surface area contributed by atoms with Crippen LogP contribution in [0.4, 0.5) is 4.39 Å². The minimum absolute atomic E-state index is 0.1000. The lowest BCUT2D eigenvalue weighted by molar-refractivity contribution is 0.0672. The van der Waals surface area contributed by atoms with Gasteiger partial charge >= 0.3 is 5.97 Å². The number of nitrogens with zero attached hydrogens (tertiary/aromatic N) is 1. The third kappa shape index (κ3) is 4.67. The molecule has 0 spiro atoms. The first-order chi connectivity index (χ1) is 8.50. The zero-order valence-electron chi connectivity index (χ0n) is 10.4. The third-order valence-corrected chi connectivity index (χ3v) is 1.97. The van der Waals surface area contributed by atoms with Crippen LogP contribution in [0.5, 0.6) is 5.88 Å². The topological polar surface area (TPSA) is 68.7 Å². The van der Waals surface area contributed by atoms with Gasteiger partial charge in [-0.1, -0.05) is 13.8 Å². The fourth-order valence-corrected chi connectivity index (χ4v) is 1.21. The van der Waals surface area contributed by atoms with Crippen molar-refractivity contribution < 1.29 is 23.8 Å². The van der Waals surface area contributed by atoms with E-state index < -0.39 is 11.8 Å². The molecule has 0 saturated heterocycles. The van der Waals surface area contributed by atoms with E-state index in [1.54, 1.807) is 0 Å². The van der Waals surface area contributed by atoms with Crippen molar-refractivity contribution in [2.24, 2.45) is 5.92 Å². The van der Waals surface area contributed by atoms with E-state index in [4.69, 9.17) is 14.6 Å². The van der Waals surface area contributed by atoms with Crippen LogP contribution in [0.1, 0.15) is 24.2 Å². The molecular formula is C12H16FNO4. The van der Waals surface area contributed by atoms with Crippen molar-refractivity contribution >= 4 is 5.97 Å². The van der Waals surface area contributed by atoms with Crippen LogP contribution in [0, 0.1) is 11.7 Å². The number of ether oxygens (including phenoxy) is 2. The van der Waals surface area contributed by atoms with Gasteiger partial charge in [-0.15, -0.1) is 0 Å². The Morgan fingerprint density at radius 1 is 1.50 bits per heavy atom. The molecule has 0 aliphatic carbocycles. The van der Waals surface area contributed by atoms with E-state index in [-0.39, 0.29) is 18.1 Å². The van der Waals surface area contributed by atoms with E-state index in [1.165, 1.54) is 0 Å². The van der Waals surface area contributed by atoms with Gasteiger partial charge in [0.25, 0.3) is 0 Å². The average molecular weight is 257 g/mol. The largest absolute Gasteiger partial charge is 0.477 e. The molecule has 0 bridgehead atoms. The first kappa shape index (κ1) is 14.4. The van der Waals surface area contributed by atoms with Crippen LogP contribution < -0.4 is 4.74 Å². The van der Waals surface area contributed by atoms with Crippen molar-refractivity contribution in [3.05, 3.63) is 23.6 Å². The minimum Gasteiger partial charge on any atom is -0.477 e. The summed E-state index contributed by atoms with van der Waals surface area (Å²) in [6.45, 7) is 5.14. The standard InChI is InChI=1S/C12H16FNO4/c1-8(2)7-17-3-4-18-11-10(12(15)16)5-9(13)6-14-11/h5-6,8H,3-4,7H2,1-2H3,(H,15,16). The first-order valence-corrected chi connectivity index (χ1v) is 5.60. The van der Waals surface area contributed by atoms with E-state index in [0.717, 1.165) is 12.3 Å². The highest BCUT2D eigenvalue weighted by molar-refractivity contribution is 5.90. The maximum atomic E-state index is 12.8. The molecule has 0 unspecified atom stereocenters. The Morgan fingerprint density at radius 2 is 2.22 bits per heavy atom. The zero-order valence-corrected chi connectivity index (χ0v) is 10.4. The summed E-state index contributed by atoms with van der Waals surface area (Å²) >= 11 is 0. The number of halogens is 1. The highest BCUT2D eigenvalue weighted by Crippen LogP contribution is 2.15. The molecule has 0 amide bonds. The van der Waals surface area contributed by atoms with Crippen LogP contribution in [-0.4, -0.2) is 35.9 Å². The quantitative estimate of drug-likeness (QED) is 0.756. The van der Waals surface area contributed by atoms with E-state index >= 15 is 0 Å². The lowest BCUT2D eigenvalue weighted by Crippen LogP contribution is -2.13. The number of pyridine rings is 1. The summed E-state index contributed by atoms with van der Waals surface area (Å²) in [5.41, 5.74) is -0.293. The van der Waals surface area contributed by atoms with Gasteiger partial charge < -0.3 is 14.6 Å². The Labute approximate surface area is 105 Å². The Bertz CT molecular complexity index is 409. The normalized spacial score (nSPS) is 10.7. The summed E-state index contributed by atoms with van der Waals surface area (Å²) in [6, 6.07) is 0.875. The van der Waals surface area contributed by atoms with Gasteiger partial charge in [0.1, 0.15) is 18.0 Å². The molecule has 0 aliphatic rings. The molecule has 1 heterocycles. The fourth-order valence-electron chi connectivity index (χ4n) is 1.21. The Balaban J connectivity index is 2.49. The number of carboxylic acid groups (broad SMARTS) is 1. The molecule has 5 nitrogen and oxygen atoms in total. The van der Waals surface area contributed by atoms with Crippen LogP contribution >= 0.6 is 0 Å². The molecule has 0 saturated carbocycles. The summed E-state index contributed by atoms with van der Waals surface area (Å²) < 4.78 is 23.3. The fraction of sp³-hybridized carbons (Fsp3) is 0.500. The summed E-state index contributed by atoms with van der Waals surface area (Å²) in [6.07, 6.45) is 0.913. The number of aromatic carboxylic acids is 1. The first-order valence-electron chi connectivity index (χ1n) is 5.60. The molecule has 0 aliphatic heterocycles. The number of hydrogen-bond donors (Lipinski definition) is 1. The number of carboxylic acids is 1. The highest BCUT2D eigenvalue weighted by Gasteiger charge is 2.14. The summed E-state index contributed by atoms with van der Waals surface area (Å²) in [5.74, 6) is -1.67. The van der Waals surface area contributed by atoms with Crippen molar-refractivity contribution in [2.75, 3.05) is 19.8 Å². The molecule has 1 rings (SSSR count). The van der Waals surface area contributed by atoms with Crippen LogP contribution in [-0.2, 0) is 4.74 Å². The van der Waals surface area contributed by atoms with Gasteiger partial charge in [-0.25, -0.2) is 14.2 Å². The van der Waals surface area contributed by atoms with E-state index in [9.17, 15) is 9.18 Å². The SMILES string of the molecule is CC(C)COCCOc1ncc(F)cc1C(=O)O. The second kappa shape index (κ2) is 6.90. The molecule has 0 radical (unpaired) electrons. The molecule has 18 heavy (non-hydrogen) atoms. The highest BCUT2D eigenvalue weighted by atomic mass is 19.1. The Kier molecular flexibility index (Phi) is 5.51. The molecular weight excluding hydrogens is 241 g/mol. The average Bonchev–Trinajstić information content (AvgIpc) is 2.29. The molecule has 0 fully saturated rings. The molecule has 1 aromatic rings. The van der Waals surface area contributed by atoms with Gasteiger partial charge in [0.15, 0.2) is 0 Å². The molecule has 6 heteroatoms. The predicted molar refractivity (Wildman–Crippen MR) is 62.3 cm³/mol. The smallest absolute Gasteiger partial charge is 0.341 e. The van der Waals surface area contributed by atoms with Crippen molar-refractivity contribution in [2.45, 2.75) is 13.8 Å². The summed E-state index contributed by atoms with van der Waals surface area (Å²) in [7, 11) is 0.